The maximum Gasteiger partial charge on any atom is 0.408 e. The van der Waals surface area contributed by atoms with Gasteiger partial charge < -0.3 is 30.1 Å². The molecule has 0 spiro atoms. The molecule has 10 nitrogen and oxygen atoms in total. The number of ether oxygens (including phenoxy) is 2. The van der Waals surface area contributed by atoms with Crippen LogP contribution in [0, 0.1) is 13.8 Å². The number of benzene rings is 1. The van der Waals surface area contributed by atoms with Crippen molar-refractivity contribution in [2.45, 2.75) is 77.6 Å². The van der Waals surface area contributed by atoms with E-state index in [0.717, 1.165) is 17.5 Å². The molecule has 2 unspecified atom stereocenters. The van der Waals surface area contributed by atoms with Gasteiger partial charge in [0.1, 0.15) is 24.2 Å². The summed E-state index contributed by atoms with van der Waals surface area (Å²) in [6, 6.07) is 2.90. The second-order valence-electron chi connectivity index (χ2n) is 9.83. The number of carbonyl (C=O) groups is 4. The normalized spacial score (nSPS) is 15.3. The Morgan fingerprint density at radius 2 is 1.71 bits per heavy atom. The van der Waals surface area contributed by atoms with Gasteiger partial charge in [-0.2, -0.15) is 0 Å². The fraction of sp³-hybridized carbons (Fsp3) is 0.600. The Morgan fingerprint density at radius 1 is 1.11 bits per heavy atom. The topological polar surface area (TPSA) is 134 Å². The summed E-state index contributed by atoms with van der Waals surface area (Å²) in [5.41, 5.74) is 1.57. The zero-order valence-electron chi connectivity index (χ0n) is 21.3. The summed E-state index contributed by atoms with van der Waals surface area (Å²) in [4.78, 5) is 52.5. The van der Waals surface area contributed by atoms with E-state index in [1.807, 2.05) is 32.0 Å². The van der Waals surface area contributed by atoms with Crippen LogP contribution in [0.3, 0.4) is 0 Å². The average Bonchev–Trinajstić information content (AvgIpc) is 2.71. The van der Waals surface area contributed by atoms with E-state index in [-0.39, 0.29) is 12.6 Å². The van der Waals surface area contributed by atoms with Gasteiger partial charge in [0.15, 0.2) is 0 Å². The first kappa shape index (κ1) is 28.1. The van der Waals surface area contributed by atoms with Gasteiger partial charge in [0, 0.05) is 6.04 Å². The van der Waals surface area contributed by atoms with Gasteiger partial charge in [-0.25, -0.2) is 4.79 Å². The quantitative estimate of drug-likeness (QED) is 0.449. The summed E-state index contributed by atoms with van der Waals surface area (Å²) in [7, 11) is 1.22. The van der Waals surface area contributed by atoms with Crippen LogP contribution < -0.4 is 10.6 Å². The molecule has 0 aliphatic heterocycles. The minimum absolute atomic E-state index is 0.272. The van der Waals surface area contributed by atoms with Gasteiger partial charge in [-0.05, 0) is 59.4 Å². The van der Waals surface area contributed by atoms with Crippen LogP contribution in [0.15, 0.2) is 18.2 Å². The molecule has 0 bridgehead atoms. The molecule has 194 valence electrons. The smallest absolute Gasteiger partial charge is 0.408 e. The van der Waals surface area contributed by atoms with Gasteiger partial charge in [-0.3, -0.25) is 14.4 Å². The lowest BCUT2D eigenvalue weighted by atomic mass is 9.87. The number of nitrogens with one attached hydrogen (secondary N) is 2. The van der Waals surface area contributed by atoms with E-state index in [0.29, 0.717) is 18.4 Å². The molecule has 0 radical (unpaired) electrons. The van der Waals surface area contributed by atoms with Gasteiger partial charge in [0.05, 0.1) is 13.7 Å². The number of alkyl carbamates (subject to hydrolysis) is 1. The van der Waals surface area contributed by atoms with E-state index in [4.69, 9.17) is 4.74 Å². The number of carbonyl (C=O) groups excluding carboxylic acids is 4. The fourth-order valence-electron chi connectivity index (χ4n) is 3.93. The average molecular weight is 492 g/mol. The summed E-state index contributed by atoms with van der Waals surface area (Å²) in [5.74, 6) is -1.80. The maximum atomic E-state index is 13.7. The molecule has 1 fully saturated rings. The van der Waals surface area contributed by atoms with E-state index in [9.17, 15) is 24.3 Å². The zero-order chi connectivity index (χ0) is 26.3. The van der Waals surface area contributed by atoms with Crippen molar-refractivity contribution in [1.82, 2.24) is 15.5 Å². The Kier molecular flexibility index (Phi) is 9.64. The highest BCUT2D eigenvalue weighted by atomic mass is 16.6. The van der Waals surface area contributed by atoms with Gasteiger partial charge in [0.2, 0.25) is 11.8 Å². The van der Waals surface area contributed by atoms with Crippen LogP contribution in [-0.2, 0) is 23.9 Å². The molecule has 2 rings (SSSR count). The van der Waals surface area contributed by atoms with Crippen molar-refractivity contribution in [1.29, 1.82) is 0 Å². The van der Waals surface area contributed by atoms with E-state index < -0.39 is 48.2 Å². The first-order chi connectivity index (χ1) is 16.4. The second-order valence-corrected chi connectivity index (χ2v) is 9.83. The standard InChI is InChI=1S/C25H37N3O7/c1-15-10-16(2)12-17(11-15)21(22(31)26-13-20(30)34-6)28(18-8-7-9-18)23(32)19(14-29)27-24(33)35-25(3,4)5/h10-12,18-19,21,29H,7-9,13-14H2,1-6H3,(H,26,31)(H,27,33). The highest BCUT2D eigenvalue weighted by molar-refractivity contribution is 5.93. The fourth-order valence-corrected chi connectivity index (χ4v) is 3.93. The Hall–Kier alpha value is -3.14. The van der Waals surface area contributed by atoms with E-state index in [1.165, 1.54) is 12.0 Å². The summed E-state index contributed by atoms with van der Waals surface area (Å²) in [5, 5.41) is 15.0. The maximum absolute atomic E-state index is 13.7. The molecule has 3 amide bonds. The van der Waals surface area contributed by atoms with Crippen LogP contribution in [-0.4, -0.2) is 71.8 Å². The van der Waals surface area contributed by atoms with Crippen molar-refractivity contribution in [3.8, 4) is 0 Å². The molecule has 0 heterocycles. The monoisotopic (exact) mass is 491 g/mol. The van der Waals surface area contributed by atoms with Crippen molar-refractivity contribution in [3.05, 3.63) is 34.9 Å². The second kappa shape index (κ2) is 12.0. The van der Waals surface area contributed by atoms with Crippen molar-refractivity contribution >= 4 is 23.9 Å². The molecule has 10 heteroatoms. The molecular weight excluding hydrogens is 454 g/mol. The third-order valence-corrected chi connectivity index (χ3v) is 5.62. The predicted octanol–water partition coefficient (Wildman–Crippen LogP) is 1.90. The molecule has 0 saturated heterocycles. The summed E-state index contributed by atoms with van der Waals surface area (Å²) < 4.78 is 9.86. The number of aliphatic hydroxyl groups is 1. The van der Waals surface area contributed by atoms with Crippen molar-refractivity contribution < 1.29 is 33.8 Å². The molecule has 3 N–H and O–H groups in total. The Morgan fingerprint density at radius 3 is 2.17 bits per heavy atom. The van der Waals surface area contributed by atoms with Crippen LogP contribution in [0.5, 0.6) is 0 Å². The largest absolute Gasteiger partial charge is 0.468 e. The van der Waals surface area contributed by atoms with Gasteiger partial charge in [-0.1, -0.05) is 29.3 Å². The lowest BCUT2D eigenvalue weighted by molar-refractivity contribution is -0.149. The Bertz CT molecular complexity index is 917. The number of rotatable bonds is 9. The molecule has 1 aromatic rings. The number of methoxy groups -OCH3 is 1. The van der Waals surface area contributed by atoms with Crippen LogP contribution in [0.4, 0.5) is 4.79 Å². The highest BCUT2D eigenvalue weighted by Gasteiger charge is 2.42. The van der Waals surface area contributed by atoms with Crippen LogP contribution in [0.2, 0.25) is 0 Å². The number of hydrogen-bond acceptors (Lipinski definition) is 7. The van der Waals surface area contributed by atoms with Crippen LogP contribution >= 0.6 is 0 Å². The molecule has 1 aromatic carbocycles. The molecule has 35 heavy (non-hydrogen) atoms. The number of hydrogen-bond donors (Lipinski definition) is 3. The predicted molar refractivity (Wildman–Crippen MR) is 128 cm³/mol. The summed E-state index contributed by atoms with van der Waals surface area (Å²) in [6.07, 6.45) is 1.36. The molecule has 1 saturated carbocycles. The molecule has 1 aliphatic carbocycles. The van der Waals surface area contributed by atoms with E-state index >= 15 is 0 Å². The summed E-state index contributed by atoms with van der Waals surface area (Å²) >= 11 is 0. The van der Waals surface area contributed by atoms with Crippen LogP contribution in [0.25, 0.3) is 0 Å². The van der Waals surface area contributed by atoms with Crippen molar-refractivity contribution in [2.75, 3.05) is 20.3 Å². The lowest BCUT2D eigenvalue weighted by Crippen LogP contribution is -2.58. The highest BCUT2D eigenvalue weighted by Crippen LogP contribution is 2.34. The van der Waals surface area contributed by atoms with Gasteiger partial charge in [0.25, 0.3) is 0 Å². The third kappa shape index (κ3) is 7.95. The lowest BCUT2D eigenvalue weighted by Gasteiger charge is -2.43. The third-order valence-electron chi connectivity index (χ3n) is 5.62. The minimum Gasteiger partial charge on any atom is -0.468 e. The zero-order valence-corrected chi connectivity index (χ0v) is 21.3. The molecule has 0 aromatic heterocycles. The van der Waals surface area contributed by atoms with Gasteiger partial charge >= 0.3 is 12.1 Å². The Labute approximate surface area is 206 Å². The van der Waals surface area contributed by atoms with E-state index in [2.05, 4.69) is 15.4 Å². The SMILES string of the molecule is COC(=O)CNC(=O)C(c1cc(C)cc(C)c1)N(C(=O)C(CO)NC(=O)OC(C)(C)C)C1CCC1. The molecule has 1 aliphatic rings. The van der Waals surface area contributed by atoms with Gasteiger partial charge in [-0.15, -0.1) is 0 Å². The van der Waals surface area contributed by atoms with Crippen molar-refractivity contribution in [2.24, 2.45) is 0 Å². The Balaban J connectivity index is 2.45. The van der Waals surface area contributed by atoms with Crippen LogP contribution in [0.1, 0.15) is 62.8 Å². The number of amides is 3. The first-order valence-corrected chi connectivity index (χ1v) is 11.7. The number of nitrogens with zero attached hydrogens (tertiary/aromatic N) is 1. The molecule has 2 atom stereocenters. The minimum atomic E-state index is -1.31. The number of esters is 1. The summed E-state index contributed by atoms with van der Waals surface area (Å²) in [6.45, 7) is 7.79. The first-order valence-electron chi connectivity index (χ1n) is 11.7. The molecular formula is C25H37N3O7. The number of aliphatic hydroxyl groups excluding tert-OH is 1. The number of aryl methyl sites for hydroxylation is 2. The van der Waals surface area contributed by atoms with E-state index in [1.54, 1.807) is 20.8 Å². The van der Waals surface area contributed by atoms with Crippen molar-refractivity contribution in [3.63, 3.8) is 0 Å².